The predicted molar refractivity (Wildman–Crippen MR) is 111 cm³/mol. The number of nitrogens with zero attached hydrogens (tertiary/aromatic N) is 3. The van der Waals surface area contributed by atoms with Crippen molar-refractivity contribution in [3.05, 3.63) is 29.3 Å². The lowest BCUT2D eigenvalue weighted by Gasteiger charge is -2.30. The quantitative estimate of drug-likeness (QED) is 0.616. The fraction of sp³-hybridized carbons (Fsp3) is 0.375. The van der Waals surface area contributed by atoms with Gasteiger partial charge in [0.15, 0.2) is 10.3 Å². The third-order valence-corrected chi connectivity index (χ3v) is 5.35. The standard InChI is InChI=1S/2C8H11N3O2S/c1-13-8(12)11-4-2-3-5-6(11)10-7(9)14-5;1-13-8(12)10-4-2-3-6-5-11-7(9)14-6/h2-3,5-6H,4H2,1H3,(H2,9,10);2-3,5H,4H2,1H3,(H2,9,11)(H,10,12)/b;3-2+. The molecule has 0 aliphatic carbocycles. The summed E-state index contributed by atoms with van der Waals surface area (Å²) in [7, 11) is 2.69. The van der Waals surface area contributed by atoms with Crippen LogP contribution in [0.5, 0.6) is 0 Å². The number of nitrogens with two attached hydrogens (primary N) is 2. The highest BCUT2D eigenvalue weighted by molar-refractivity contribution is 8.14. The molecule has 0 radical (unpaired) electrons. The Labute approximate surface area is 170 Å². The lowest BCUT2D eigenvalue weighted by atomic mass is 10.2. The van der Waals surface area contributed by atoms with Gasteiger partial charge in [-0.1, -0.05) is 41.3 Å². The minimum Gasteiger partial charge on any atom is -0.453 e. The number of hydrogen-bond acceptors (Lipinski definition) is 10. The number of fused-ring (bicyclic) bond motifs is 1. The molecule has 0 aromatic carbocycles. The SMILES string of the molecule is COC(=O)N1CC=CC2SC(N)=NC21.COC(=O)NC/C=C/c1cnc(N)s1. The average Bonchev–Trinajstić information content (AvgIpc) is 3.28. The van der Waals surface area contributed by atoms with E-state index in [0.29, 0.717) is 23.4 Å². The fourth-order valence-electron chi connectivity index (χ4n) is 2.30. The molecule has 0 saturated heterocycles. The van der Waals surface area contributed by atoms with Crippen molar-refractivity contribution in [2.24, 2.45) is 10.7 Å². The van der Waals surface area contributed by atoms with E-state index in [4.69, 9.17) is 11.5 Å². The third-order valence-electron chi connectivity index (χ3n) is 3.54. The molecule has 3 rings (SSSR count). The highest BCUT2D eigenvalue weighted by Gasteiger charge is 2.37. The van der Waals surface area contributed by atoms with Crippen LogP contribution in [0.25, 0.3) is 6.08 Å². The van der Waals surface area contributed by atoms with Gasteiger partial charge in [-0.15, -0.1) is 0 Å². The number of amides is 2. The largest absolute Gasteiger partial charge is 0.453 e. The van der Waals surface area contributed by atoms with E-state index < -0.39 is 6.09 Å². The lowest BCUT2D eigenvalue weighted by molar-refractivity contribution is 0.112. The second-order valence-electron chi connectivity index (χ2n) is 5.39. The molecule has 152 valence electrons. The van der Waals surface area contributed by atoms with E-state index in [1.165, 1.54) is 37.3 Å². The summed E-state index contributed by atoms with van der Waals surface area (Å²) in [5.74, 6) is 0. The number of anilines is 1. The molecule has 3 heterocycles. The summed E-state index contributed by atoms with van der Waals surface area (Å²) in [4.78, 5) is 32.6. The van der Waals surface area contributed by atoms with Crippen LogP contribution in [0.2, 0.25) is 0 Å². The summed E-state index contributed by atoms with van der Waals surface area (Å²) in [5, 5.41) is 3.72. The number of carbonyl (C=O) groups is 2. The first-order chi connectivity index (χ1) is 13.4. The number of hydrogen-bond donors (Lipinski definition) is 3. The Kier molecular flexibility index (Phi) is 8.14. The van der Waals surface area contributed by atoms with E-state index in [1.54, 1.807) is 17.2 Å². The number of aliphatic imine (C=N–C) groups is 1. The summed E-state index contributed by atoms with van der Waals surface area (Å²) in [6.07, 6.45) is 8.26. The highest BCUT2D eigenvalue weighted by Crippen LogP contribution is 2.31. The minimum atomic E-state index is -0.446. The van der Waals surface area contributed by atoms with Gasteiger partial charge >= 0.3 is 12.2 Å². The van der Waals surface area contributed by atoms with Crippen molar-refractivity contribution in [2.75, 3.05) is 33.0 Å². The number of rotatable bonds is 3. The van der Waals surface area contributed by atoms with E-state index in [0.717, 1.165) is 4.88 Å². The van der Waals surface area contributed by atoms with E-state index in [-0.39, 0.29) is 17.5 Å². The number of ether oxygens (including phenoxy) is 2. The first-order valence-electron chi connectivity index (χ1n) is 8.15. The maximum absolute atomic E-state index is 11.4. The molecule has 5 N–H and O–H groups in total. The third kappa shape index (κ3) is 6.16. The number of alkyl carbamates (subject to hydrolysis) is 1. The zero-order chi connectivity index (χ0) is 20.5. The van der Waals surface area contributed by atoms with Gasteiger partial charge in [-0.2, -0.15) is 0 Å². The minimum absolute atomic E-state index is 0.142. The van der Waals surface area contributed by atoms with Crippen LogP contribution >= 0.6 is 23.1 Å². The molecule has 28 heavy (non-hydrogen) atoms. The van der Waals surface area contributed by atoms with Crippen LogP contribution in [0.3, 0.4) is 0 Å². The van der Waals surface area contributed by atoms with Crippen LogP contribution in [-0.2, 0) is 9.47 Å². The van der Waals surface area contributed by atoms with Gasteiger partial charge in [0, 0.05) is 24.2 Å². The number of thiazole rings is 1. The molecule has 2 aliphatic heterocycles. The van der Waals surface area contributed by atoms with E-state index in [2.05, 4.69) is 24.8 Å². The van der Waals surface area contributed by atoms with Crippen molar-refractivity contribution < 1.29 is 19.1 Å². The monoisotopic (exact) mass is 426 g/mol. The molecule has 10 nitrogen and oxygen atoms in total. The van der Waals surface area contributed by atoms with Crippen LogP contribution < -0.4 is 16.8 Å². The molecule has 1 aromatic heterocycles. The fourth-order valence-corrected chi connectivity index (χ4v) is 3.89. The van der Waals surface area contributed by atoms with Crippen molar-refractivity contribution >= 4 is 51.7 Å². The Morgan fingerprint density at radius 2 is 2.18 bits per heavy atom. The van der Waals surface area contributed by atoms with Crippen LogP contribution in [0.15, 0.2) is 29.4 Å². The Hall–Kier alpha value is -2.73. The number of methoxy groups -OCH3 is 2. The van der Waals surface area contributed by atoms with E-state index in [9.17, 15) is 9.59 Å². The molecule has 0 spiro atoms. The Morgan fingerprint density at radius 1 is 1.39 bits per heavy atom. The van der Waals surface area contributed by atoms with Gasteiger partial charge in [-0.3, -0.25) is 4.90 Å². The number of nitrogen functional groups attached to an aromatic ring is 1. The average molecular weight is 427 g/mol. The maximum Gasteiger partial charge on any atom is 0.411 e. The summed E-state index contributed by atoms with van der Waals surface area (Å²) in [6.45, 7) is 0.954. The summed E-state index contributed by atoms with van der Waals surface area (Å²) in [5.41, 5.74) is 11.0. The van der Waals surface area contributed by atoms with Crippen molar-refractivity contribution in [1.82, 2.24) is 15.2 Å². The summed E-state index contributed by atoms with van der Waals surface area (Å²) in [6, 6.07) is 0. The van der Waals surface area contributed by atoms with Gasteiger partial charge in [0.1, 0.15) is 6.17 Å². The first kappa shape index (κ1) is 21.6. The molecule has 1 aromatic rings. The number of amidine groups is 1. The molecule has 2 atom stereocenters. The Balaban J connectivity index is 0.000000200. The van der Waals surface area contributed by atoms with Gasteiger partial charge in [0.05, 0.1) is 19.5 Å². The maximum atomic E-state index is 11.4. The summed E-state index contributed by atoms with van der Waals surface area (Å²) >= 11 is 2.86. The molecule has 0 fully saturated rings. The Bertz CT molecular complexity index is 779. The number of aromatic nitrogens is 1. The second-order valence-corrected chi connectivity index (χ2v) is 7.68. The molecule has 2 unspecified atom stereocenters. The Morgan fingerprint density at radius 3 is 2.82 bits per heavy atom. The van der Waals surface area contributed by atoms with Crippen LogP contribution in [0.4, 0.5) is 14.7 Å². The molecule has 2 amide bonds. The normalized spacial score (nSPS) is 20.1. The van der Waals surface area contributed by atoms with E-state index >= 15 is 0 Å². The van der Waals surface area contributed by atoms with Gasteiger partial charge < -0.3 is 26.3 Å². The smallest absolute Gasteiger partial charge is 0.411 e. The van der Waals surface area contributed by atoms with Gasteiger partial charge in [-0.25, -0.2) is 19.6 Å². The van der Waals surface area contributed by atoms with Gasteiger partial charge in [0.2, 0.25) is 0 Å². The first-order valence-corrected chi connectivity index (χ1v) is 9.85. The van der Waals surface area contributed by atoms with Gasteiger partial charge in [0.25, 0.3) is 0 Å². The van der Waals surface area contributed by atoms with Crippen molar-refractivity contribution in [1.29, 1.82) is 0 Å². The molecule has 12 heteroatoms. The summed E-state index contributed by atoms with van der Waals surface area (Å²) < 4.78 is 9.06. The predicted octanol–water partition coefficient (Wildman–Crippen LogP) is 1.48. The lowest BCUT2D eigenvalue weighted by Crippen LogP contribution is -2.45. The number of carbonyl (C=O) groups excluding carboxylic acids is 2. The molecule has 2 aliphatic rings. The van der Waals surface area contributed by atoms with Crippen LogP contribution in [-0.4, -0.2) is 66.0 Å². The molecular formula is C16H22N6O4S2. The van der Waals surface area contributed by atoms with Crippen molar-refractivity contribution in [3.8, 4) is 0 Å². The van der Waals surface area contributed by atoms with Crippen molar-refractivity contribution in [2.45, 2.75) is 11.4 Å². The molecule has 0 bridgehead atoms. The number of nitrogens with one attached hydrogen (secondary N) is 1. The van der Waals surface area contributed by atoms with Crippen LogP contribution in [0.1, 0.15) is 4.88 Å². The van der Waals surface area contributed by atoms with Gasteiger partial charge in [-0.05, 0) is 6.08 Å². The van der Waals surface area contributed by atoms with E-state index in [1.807, 2.05) is 18.2 Å². The van der Waals surface area contributed by atoms with Crippen LogP contribution in [0, 0.1) is 0 Å². The zero-order valence-electron chi connectivity index (χ0n) is 15.4. The molecule has 0 saturated carbocycles. The van der Waals surface area contributed by atoms with Crippen molar-refractivity contribution in [3.63, 3.8) is 0 Å². The topological polar surface area (TPSA) is 145 Å². The number of thioether (sulfide) groups is 1. The second kappa shape index (κ2) is 10.6. The highest BCUT2D eigenvalue weighted by atomic mass is 32.2. The zero-order valence-corrected chi connectivity index (χ0v) is 17.0. The molecular weight excluding hydrogens is 404 g/mol.